The van der Waals surface area contributed by atoms with Crippen molar-refractivity contribution >= 4 is 11.5 Å². The van der Waals surface area contributed by atoms with Gasteiger partial charge in [0.15, 0.2) is 5.78 Å². The number of nitrogens with zero attached hydrogens (tertiary/aromatic N) is 1. The quantitative estimate of drug-likeness (QED) is 0.789. The highest BCUT2D eigenvalue weighted by Crippen LogP contribution is 2.31. The molecule has 0 unspecified atom stereocenters. The summed E-state index contributed by atoms with van der Waals surface area (Å²) in [6, 6.07) is 6.00. The zero-order valence-corrected chi connectivity index (χ0v) is 9.86. The van der Waals surface area contributed by atoms with E-state index in [2.05, 4.69) is 13.0 Å². The summed E-state index contributed by atoms with van der Waals surface area (Å²) in [5.41, 5.74) is 3.41. The molecule has 0 spiro atoms. The van der Waals surface area contributed by atoms with Gasteiger partial charge in [0.25, 0.3) is 0 Å². The maximum atomic E-state index is 11.9. The van der Waals surface area contributed by atoms with Crippen LogP contribution in [0.2, 0.25) is 0 Å². The van der Waals surface area contributed by atoms with Gasteiger partial charge in [0, 0.05) is 12.8 Å². The highest BCUT2D eigenvalue weighted by Gasteiger charge is 2.31. The molecule has 3 nitrogen and oxygen atoms in total. The average Bonchev–Trinajstić information content (AvgIpc) is 2.56. The highest BCUT2D eigenvalue weighted by atomic mass is 16.1. The Balaban J connectivity index is 2.23. The zero-order valence-electron chi connectivity index (χ0n) is 9.86. The molecule has 1 aliphatic heterocycles. The molecule has 0 fully saturated rings. The number of carbonyl (C=O) groups is 1. The molecular weight excluding hydrogens is 200 g/mol. The van der Waals surface area contributed by atoms with Gasteiger partial charge >= 0.3 is 0 Å². The Bertz CT molecular complexity index is 414. The first-order chi connectivity index (χ1) is 7.63. The van der Waals surface area contributed by atoms with Crippen molar-refractivity contribution in [2.24, 2.45) is 5.84 Å². The van der Waals surface area contributed by atoms with Gasteiger partial charge < -0.3 is 0 Å². The van der Waals surface area contributed by atoms with Gasteiger partial charge in [0.1, 0.15) is 6.04 Å². The normalized spacial score (nSPS) is 18.7. The molecule has 0 radical (unpaired) electrons. The second-order valence-electron chi connectivity index (χ2n) is 4.48. The number of carbonyl (C=O) groups excluding carboxylic acids is 1. The van der Waals surface area contributed by atoms with Crippen LogP contribution in [0.15, 0.2) is 18.2 Å². The SMILES string of the molecule is CCCC(=O)[C@@H]1Cc2cc(C)ccc2N1N. The van der Waals surface area contributed by atoms with Crippen LogP contribution in [0.3, 0.4) is 0 Å². The molecule has 0 saturated heterocycles. The fraction of sp³-hybridized carbons (Fsp3) is 0.462. The number of rotatable bonds is 3. The lowest BCUT2D eigenvalue weighted by Crippen LogP contribution is -2.43. The molecule has 1 atom stereocenters. The van der Waals surface area contributed by atoms with Crippen molar-refractivity contribution in [3.05, 3.63) is 29.3 Å². The molecule has 2 rings (SSSR count). The number of nitrogens with two attached hydrogens (primary N) is 1. The Morgan fingerprint density at radius 1 is 1.56 bits per heavy atom. The van der Waals surface area contributed by atoms with E-state index in [-0.39, 0.29) is 11.8 Å². The second-order valence-corrected chi connectivity index (χ2v) is 4.48. The number of ketones is 1. The fourth-order valence-electron chi connectivity index (χ4n) is 2.29. The molecule has 1 aliphatic rings. The summed E-state index contributed by atoms with van der Waals surface area (Å²) in [6.45, 7) is 4.08. The fourth-order valence-corrected chi connectivity index (χ4v) is 2.29. The lowest BCUT2D eigenvalue weighted by molar-refractivity contribution is -0.120. The van der Waals surface area contributed by atoms with Crippen LogP contribution in [0.1, 0.15) is 30.9 Å². The van der Waals surface area contributed by atoms with Gasteiger partial charge in [-0.25, -0.2) is 5.84 Å². The van der Waals surface area contributed by atoms with E-state index in [0.717, 1.165) is 18.5 Å². The molecule has 0 aliphatic carbocycles. The molecule has 86 valence electrons. The van der Waals surface area contributed by atoms with Gasteiger partial charge in [0.2, 0.25) is 0 Å². The van der Waals surface area contributed by atoms with Gasteiger partial charge in [-0.1, -0.05) is 24.6 Å². The molecule has 1 aromatic rings. The van der Waals surface area contributed by atoms with Gasteiger partial charge in [-0.05, 0) is 25.0 Å². The Morgan fingerprint density at radius 2 is 2.31 bits per heavy atom. The molecule has 0 saturated carbocycles. The summed E-state index contributed by atoms with van der Waals surface area (Å²) in [5.74, 6) is 6.23. The zero-order chi connectivity index (χ0) is 11.7. The standard InChI is InChI=1S/C13H18N2O/c1-3-4-13(16)12-8-10-7-9(2)5-6-11(10)15(12)14/h5-7,12H,3-4,8,14H2,1-2H3/t12-/m0/s1. The molecule has 1 aromatic carbocycles. The number of hydrogen-bond donors (Lipinski definition) is 1. The lowest BCUT2D eigenvalue weighted by Gasteiger charge is -2.20. The minimum Gasteiger partial charge on any atom is -0.300 e. The van der Waals surface area contributed by atoms with Crippen molar-refractivity contribution in [1.29, 1.82) is 0 Å². The number of Topliss-reactive ketones (excluding diaryl/α,β-unsaturated/α-hetero) is 1. The number of fused-ring (bicyclic) bond motifs is 1. The minimum absolute atomic E-state index is 0.156. The highest BCUT2D eigenvalue weighted by molar-refractivity contribution is 5.89. The third kappa shape index (κ3) is 1.83. The van der Waals surface area contributed by atoms with Crippen LogP contribution < -0.4 is 10.9 Å². The van der Waals surface area contributed by atoms with Gasteiger partial charge in [-0.3, -0.25) is 9.80 Å². The summed E-state index contributed by atoms with van der Waals surface area (Å²) in [4.78, 5) is 11.9. The van der Waals surface area contributed by atoms with Crippen LogP contribution in [0, 0.1) is 6.92 Å². The Labute approximate surface area is 96.2 Å². The first-order valence-corrected chi connectivity index (χ1v) is 5.79. The summed E-state index contributed by atoms with van der Waals surface area (Å²) in [6.07, 6.45) is 2.26. The molecule has 0 amide bonds. The largest absolute Gasteiger partial charge is 0.300 e. The maximum absolute atomic E-state index is 11.9. The van der Waals surface area contributed by atoms with E-state index in [4.69, 9.17) is 5.84 Å². The number of aryl methyl sites for hydroxylation is 1. The van der Waals surface area contributed by atoms with Crippen LogP contribution in [0.25, 0.3) is 0 Å². The van der Waals surface area contributed by atoms with E-state index in [1.165, 1.54) is 11.1 Å². The van der Waals surface area contributed by atoms with E-state index < -0.39 is 0 Å². The average molecular weight is 218 g/mol. The molecule has 0 aromatic heterocycles. The predicted octanol–water partition coefficient (Wildman–Crippen LogP) is 1.97. The van der Waals surface area contributed by atoms with E-state index in [0.29, 0.717) is 6.42 Å². The predicted molar refractivity (Wildman–Crippen MR) is 65.3 cm³/mol. The maximum Gasteiger partial charge on any atom is 0.157 e. The minimum atomic E-state index is -0.156. The molecule has 16 heavy (non-hydrogen) atoms. The number of anilines is 1. The van der Waals surface area contributed by atoms with E-state index in [9.17, 15) is 4.79 Å². The molecule has 3 heteroatoms. The number of benzene rings is 1. The van der Waals surface area contributed by atoms with Crippen molar-refractivity contribution in [2.45, 2.75) is 39.2 Å². The number of hydrazine groups is 1. The van der Waals surface area contributed by atoms with Gasteiger partial charge in [-0.2, -0.15) is 0 Å². The van der Waals surface area contributed by atoms with Crippen LogP contribution >= 0.6 is 0 Å². The molecule has 0 bridgehead atoms. The summed E-state index contributed by atoms with van der Waals surface area (Å²) < 4.78 is 0. The van der Waals surface area contributed by atoms with Crippen molar-refractivity contribution in [3.8, 4) is 0 Å². The summed E-state index contributed by atoms with van der Waals surface area (Å²) >= 11 is 0. The third-order valence-electron chi connectivity index (χ3n) is 3.13. The second kappa shape index (κ2) is 4.26. The Morgan fingerprint density at radius 3 is 3.00 bits per heavy atom. The van der Waals surface area contributed by atoms with Crippen molar-refractivity contribution < 1.29 is 4.79 Å². The van der Waals surface area contributed by atoms with Gasteiger partial charge in [0.05, 0.1) is 5.69 Å². The molecule has 1 heterocycles. The third-order valence-corrected chi connectivity index (χ3v) is 3.13. The Kier molecular flexibility index (Phi) is 2.97. The van der Waals surface area contributed by atoms with Crippen molar-refractivity contribution in [3.63, 3.8) is 0 Å². The van der Waals surface area contributed by atoms with Crippen LogP contribution in [0.5, 0.6) is 0 Å². The monoisotopic (exact) mass is 218 g/mol. The molecular formula is C13H18N2O. The smallest absolute Gasteiger partial charge is 0.157 e. The summed E-state index contributed by atoms with van der Waals surface area (Å²) in [5, 5.41) is 1.63. The van der Waals surface area contributed by atoms with Crippen LogP contribution in [-0.4, -0.2) is 11.8 Å². The van der Waals surface area contributed by atoms with E-state index in [1.54, 1.807) is 5.01 Å². The van der Waals surface area contributed by atoms with E-state index in [1.807, 2.05) is 19.1 Å². The first-order valence-electron chi connectivity index (χ1n) is 5.79. The van der Waals surface area contributed by atoms with E-state index >= 15 is 0 Å². The Hall–Kier alpha value is -1.35. The number of hydrogen-bond acceptors (Lipinski definition) is 3. The van der Waals surface area contributed by atoms with Crippen molar-refractivity contribution in [2.75, 3.05) is 5.01 Å². The van der Waals surface area contributed by atoms with Gasteiger partial charge in [-0.15, -0.1) is 0 Å². The summed E-state index contributed by atoms with van der Waals surface area (Å²) in [7, 11) is 0. The first kappa shape index (κ1) is 11.1. The van der Waals surface area contributed by atoms with Crippen LogP contribution in [0.4, 0.5) is 5.69 Å². The van der Waals surface area contributed by atoms with Crippen molar-refractivity contribution in [1.82, 2.24) is 0 Å². The van der Waals surface area contributed by atoms with Crippen LogP contribution in [-0.2, 0) is 11.2 Å². The molecule has 2 N–H and O–H groups in total. The topological polar surface area (TPSA) is 46.3 Å². The lowest BCUT2D eigenvalue weighted by atomic mass is 10.0.